The lowest BCUT2D eigenvalue weighted by Gasteiger charge is -2.16. The number of methoxy groups -OCH3 is 1. The van der Waals surface area contributed by atoms with E-state index in [-0.39, 0.29) is 0 Å². The van der Waals surface area contributed by atoms with Gasteiger partial charge in [0, 0.05) is 0 Å². The quantitative estimate of drug-likeness (QED) is 0.373. The van der Waals surface area contributed by atoms with Crippen molar-refractivity contribution in [3.8, 4) is 11.5 Å². The van der Waals surface area contributed by atoms with Crippen LogP contribution in [0.15, 0.2) is 54.6 Å². The molecule has 0 bridgehead atoms. The molecule has 0 saturated heterocycles. The number of benzene rings is 3. The van der Waals surface area contributed by atoms with Gasteiger partial charge in [0.05, 0.1) is 22.9 Å². The third-order valence-corrected chi connectivity index (χ3v) is 4.78. The van der Waals surface area contributed by atoms with Gasteiger partial charge >= 0.3 is 5.97 Å². The molecule has 0 N–H and O–H groups in total. The first-order valence-corrected chi connectivity index (χ1v) is 9.36. The molecule has 4 nitrogen and oxygen atoms in total. The van der Waals surface area contributed by atoms with E-state index in [4.69, 9.17) is 14.2 Å². The molecule has 0 radical (unpaired) electrons. The van der Waals surface area contributed by atoms with Crippen LogP contribution in [0, 0.1) is 3.57 Å². The maximum atomic E-state index is 11.8. The Labute approximate surface area is 166 Å². The lowest BCUT2D eigenvalue weighted by atomic mass is 10.1. The van der Waals surface area contributed by atoms with E-state index in [2.05, 4.69) is 46.9 Å². The van der Waals surface area contributed by atoms with Crippen LogP contribution in [0.3, 0.4) is 0 Å². The topological polar surface area (TPSA) is 44.8 Å². The molecule has 26 heavy (non-hydrogen) atoms. The van der Waals surface area contributed by atoms with E-state index in [1.54, 1.807) is 12.1 Å². The van der Waals surface area contributed by atoms with Gasteiger partial charge in [-0.1, -0.05) is 42.5 Å². The van der Waals surface area contributed by atoms with Gasteiger partial charge in [-0.25, -0.2) is 4.79 Å². The second kappa shape index (κ2) is 8.40. The minimum atomic E-state index is -0.399. The van der Waals surface area contributed by atoms with E-state index in [0.29, 0.717) is 30.3 Å². The molecule has 0 aliphatic carbocycles. The van der Waals surface area contributed by atoms with E-state index in [9.17, 15) is 4.79 Å². The Hall–Kier alpha value is -2.28. The molecule has 0 aliphatic rings. The van der Waals surface area contributed by atoms with Crippen LogP contribution in [-0.2, 0) is 11.3 Å². The molecular weight excluding hydrogens is 443 g/mol. The van der Waals surface area contributed by atoms with Gasteiger partial charge in [-0.15, -0.1) is 0 Å². The molecule has 3 aromatic rings. The highest BCUT2D eigenvalue weighted by atomic mass is 127. The maximum absolute atomic E-state index is 11.8. The maximum Gasteiger partial charge on any atom is 0.338 e. The van der Waals surface area contributed by atoms with Gasteiger partial charge in [-0.05, 0) is 58.0 Å². The van der Waals surface area contributed by atoms with Crippen LogP contribution < -0.4 is 9.47 Å². The lowest BCUT2D eigenvalue weighted by molar-refractivity contribution is 0.0600. The molecule has 0 unspecified atom stereocenters. The highest BCUT2D eigenvalue weighted by molar-refractivity contribution is 14.1. The molecule has 0 aliphatic heterocycles. The van der Waals surface area contributed by atoms with Crippen LogP contribution in [0.2, 0.25) is 0 Å². The summed E-state index contributed by atoms with van der Waals surface area (Å²) in [4.78, 5) is 11.8. The summed E-state index contributed by atoms with van der Waals surface area (Å²) in [5.74, 6) is 0.776. The first-order valence-electron chi connectivity index (χ1n) is 8.28. The molecule has 0 heterocycles. The summed E-state index contributed by atoms with van der Waals surface area (Å²) in [5.41, 5.74) is 1.54. The average molecular weight is 462 g/mol. The van der Waals surface area contributed by atoms with E-state index in [1.165, 1.54) is 12.5 Å². The van der Waals surface area contributed by atoms with E-state index >= 15 is 0 Å². The fraction of sp³-hybridized carbons (Fsp3) is 0.190. The number of carbonyl (C=O) groups excluding carboxylic acids is 1. The molecule has 0 fully saturated rings. The highest BCUT2D eigenvalue weighted by Crippen LogP contribution is 2.35. The van der Waals surface area contributed by atoms with Gasteiger partial charge in [0.15, 0.2) is 11.5 Å². The molecule has 3 rings (SSSR count). The molecule has 5 heteroatoms. The molecule has 134 valence electrons. The number of halogens is 1. The number of ether oxygens (including phenoxy) is 3. The lowest BCUT2D eigenvalue weighted by Crippen LogP contribution is -2.06. The SMILES string of the molecule is CCOc1cc(C(=O)OC)cc(I)c1OCc1cccc2ccccc12. The summed E-state index contributed by atoms with van der Waals surface area (Å²) >= 11 is 2.15. The number of carbonyl (C=O) groups is 1. The molecule has 0 atom stereocenters. The summed E-state index contributed by atoms with van der Waals surface area (Å²) in [6.45, 7) is 2.78. The standard InChI is InChI=1S/C21H19IO4/c1-3-25-19-12-16(21(23)24-2)11-18(22)20(19)26-13-15-9-6-8-14-7-4-5-10-17(14)15/h4-12H,3,13H2,1-2H3. The summed E-state index contributed by atoms with van der Waals surface area (Å²) in [6, 6.07) is 17.8. The van der Waals surface area contributed by atoms with Crippen molar-refractivity contribution in [2.75, 3.05) is 13.7 Å². The third kappa shape index (κ3) is 3.93. The number of esters is 1. The second-order valence-electron chi connectivity index (χ2n) is 5.64. The van der Waals surface area contributed by atoms with Gasteiger partial charge in [0.2, 0.25) is 0 Å². The van der Waals surface area contributed by atoms with Gasteiger partial charge < -0.3 is 14.2 Å². The Kier molecular flexibility index (Phi) is 5.98. The van der Waals surface area contributed by atoms with Crippen LogP contribution in [0.4, 0.5) is 0 Å². The van der Waals surface area contributed by atoms with Crippen molar-refractivity contribution in [3.63, 3.8) is 0 Å². The Bertz CT molecular complexity index is 931. The molecule has 3 aromatic carbocycles. The molecule has 0 spiro atoms. The largest absolute Gasteiger partial charge is 0.490 e. The third-order valence-electron chi connectivity index (χ3n) is 3.98. The van der Waals surface area contributed by atoms with Gasteiger partial charge in [-0.3, -0.25) is 0 Å². The van der Waals surface area contributed by atoms with Crippen molar-refractivity contribution in [1.29, 1.82) is 0 Å². The second-order valence-corrected chi connectivity index (χ2v) is 6.80. The van der Waals surface area contributed by atoms with E-state index in [0.717, 1.165) is 14.5 Å². The Morgan fingerprint density at radius 3 is 2.58 bits per heavy atom. The number of hydrogen-bond acceptors (Lipinski definition) is 4. The minimum Gasteiger partial charge on any atom is -0.490 e. The van der Waals surface area contributed by atoms with Crippen LogP contribution in [0.25, 0.3) is 10.8 Å². The molecule has 0 aromatic heterocycles. The normalized spacial score (nSPS) is 10.6. The van der Waals surface area contributed by atoms with Crippen molar-refractivity contribution in [2.45, 2.75) is 13.5 Å². The summed E-state index contributed by atoms with van der Waals surface area (Å²) in [5, 5.41) is 2.34. The van der Waals surface area contributed by atoms with Crippen LogP contribution in [-0.4, -0.2) is 19.7 Å². The Morgan fingerprint density at radius 1 is 1.04 bits per heavy atom. The zero-order valence-electron chi connectivity index (χ0n) is 14.6. The summed E-state index contributed by atoms with van der Waals surface area (Å²) in [6.07, 6.45) is 0. The first kappa shape index (κ1) is 18.5. The smallest absolute Gasteiger partial charge is 0.338 e. The van der Waals surface area contributed by atoms with Gasteiger partial charge in [0.25, 0.3) is 0 Å². The Morgan fingerprint density at radius 2 is 1.81 bits per heavy atom. The van der Waals surface area contributed by atoms with Gasteiger partial charge in [-0.2, -0.15) is 0 Å². The van der Waals surface area contributed by atoms with Crippen LogP contribution in [0.1, 0.15) is 22.8 Å². The van der Waals surface area contributed by atoms with Crippen molar-refractivity contribution in [1.82, 2.24) is 0 Å². The van der Waals surface area contributed by atoms with E-state index < -0.39 is 5.97 Å². The molecule has 0 amide bonds. The average Bonchev–Trinajstić information content (AvgIpc) is 2.66. The highest BCUT2D eigenvalue weighted by Gasteiger charge is 2.17. The zero-order chi connectivity index (χ0) is 18.5. The fourth-order valence-corrected chi connectivity index (χ4v) is 3.53. The number of rotatable bonds is 6. The van der Waals surface area contributed by atoms with Crippen LogP contribution >= 0.6 is 22.6 Å². The minimum absolute atomic E-state index is 0.399. The molecular formula is C21H19IO4. The number of hydrogen-bond donors (Lipinski definition) is 0. The summed E-state index contributed by atoms with van der Waals surface area (Å²) in [7, 11) is 1.36. The summed E-state index contributed by atoms with van der Waals surface area (Å²) < 4.78 is 17.4. The fourth-order valence-electron chi connectivity index (χ4n) is 2.77. The monoisotopic (exact) mass is 462 g/mol. The predicted octanol–water partition coefficient (Wildman–Crippen LogP) is 5.21. The zero-order valence-corrected chi connectivity index (χ0v) is 16.8. The van der Waals surface area contributed by atoms with Crippen molar-refractivity contribution >= 4 is 39.3 Å². The number of fused-ring (bicyclic) bond motifs is 1. The van der Waals surface area contributed by atoms with Crippen LogP contribution in [0.5, 0.6) is 11.5 Å². The van der Waals surface area contributed by atoms with Crippen molar-refractivity contribution < 1.29 is 19.0 Å². The predicted molar refractivity (Wildman–Crippen MR) is 110 cm³/mol. The first-order chi connectivity index (χ1) is 12.6. The molecule has 0 saturated carbocycles. The Balaban J connectivity index is 1.92. The van der Waals surface area contributed by atoms with Crippen molar-refractivity contribution in [2.24, 2.45) is 0 Å². The van der Waals surface area contributed by atoms with Crippen molar-refractivity contribution in [3.05, 3.63) is 69.3 Å². The van der Waals surface area contributed by atoms with Gasteiger partial charge in [0.1, 0.15) is 6.61 Å². The van der Waals surface area contributed by atoms with E-state index in [1.807, 2.05) is 25.1 Å².